The van der Waals surface area contributed by atoms with Gasteiger partial charge in [0.15, 0.2) is 0 Å². The highest BCUT2D eigenvalue weighted by Gasteiger charge is 2.10. The van der Waals surface area contributed by atoms with E-state index in [1.54, 1.807) is 6.20 Å². The molecule has 0 saturated carbocycles. The summed E-state index contributed by atoms with van der Waals surface area (Å²) in [5, 5.41) is 0. The summed E-state index contributed by atoms with van der Waals surface area (Å²) >= 11 is 0. The fraction of sp³-hybridized carbons (Fsp3) is 0.444. The number of aromatic nitrogens is 1. The van der Waals surface area contributed by atoms with Crippen molar-refractivity contribution in [1.82, 2.24) is 4.98 Å². The minimum atomic E-state index is -3.35. The summed E-state index contributed by atoms with van der Waals surface area (Å²) < 4.78 is 26.1. The minimum absolute atomic E-state index is 0.0223. The van der Waals surface area contributed by atoms with Crippen LogP contribution in [-0.2, 0) is 14.3 Å². The van der Waals surface area contributed by atoms with E-state index in [1.165, 1.54) is 0 Å². The molecular formula is C9H13NO3S. The maximum atomic E-state index is 10.7. The van der Waals surface area contributed by atoms with Crippen LogP contribution >= 0.6 is 0 Å². The van der Waals surface area contributed by atoms with Gasteiger partial charge in [-0.25, -0.2) is 0 Å². The molecule has 0 bridgehead atoms. The van der Waals surface area contributed by atoms with Crippen LogP contribution in [0.15, 0.2) is 24.4 Å². The molecule has 1 aromatic heterocycles. The van der Waals surface area contributed by atoms with Crippen LogP contribution in [-0.4, -0.2) is 26.3 Å². The van der Waals surface area contributed by atoms with Crippen LogP contribution in [0.5, 0.6) is 0 Å². The van der Waals surface area contributed by atoms with Crippen LogP contribution in [0, 0.1) is 0 Å². The van der Waals surface area contributed by atoms with Gasteiger partial charge in [0.05, 0.1) is 12.9 Å². The Labute approximate surface area is 84.1 Å². The lowest BCUT2D eigenvalue weighted by Gasteiger charge is -2.09. The normalized spacial score (nSPS) is 13.9. The molecule has 0 amide bonds. The zero-order valence-electron chi connectivity index (χ0n) is 8.17. The third-order valence-corrected chi connectivity index (χ3v) is 2.29. The predicted octanol–water partition coefficient (Wildman–Crippen LogP) is 1.16. The largest absolute Gasteiger partial charge is 0.270 e. The first kappa shape index (κ1) is 11.1. The zero-order valence-corrected chi connectivity index (χ0v) is 8.99. The average molecular weight is 215 g/mol. The maximum absolute atomic E-state index is 10.7. The fourth-order valence-corrected chi connectivity index (χ4v) is 1.43. The van der Waals surface area contributed by atoms with Crippen LogP contribution < -0.4 is 0 Å². The van der Waals surface area contributed by atoms with Crippen LogP contribution in [0.25, 0.3) is 0 Å². The van der Waals surface area contributed by atoms with Crippen molar-refractivity contribution in [3.8, 4) is 0 Å². The Morgan fingerprint density at radius 3 is 2.71 bits per heavy atom. The van der Waals surface area contributed by atoms with Crippen molar-refractivity contribution in [1.29, 1.82) is 0 Å². The lowest BCUT2D eigenvalue weighted by molar-refractivity contribution is 0.299. The van der Waals surface area contributed by atoms with E-state index in [9.17, 15) is 8.42 Å². The van der Waals surface area contributed by atoms with Gasteiger partial charge in [0, 0.05) is 17.8 Å². The number of rotatable bonds is 4. The van der Waals surface area contributed by atoms with Gasteiger partial charge in [0.25, 0.3) is 10.1 Å². The minimum Gasteiger partial charge on any atom is -0.270 e. The molecule has 1 aromatic rings. The van der Waals surface area contributed by atoms with Crippen molar-refractivity contribution in [2.75, 3.05) is 12.9 Å². The van der Waals surface area contributed by atoms with Crippen LogP contribution in [0.4, 0.5) is 0 Å². The molecule has 14 heavy (non-hydrogen) atoms. The third-order valence-electron chi connectivity index (χ3n) is 1.72. The first-order chi connectivity index (χ1) is 6.49. The number of hydrogen-bond donors (Lipinski definition) is 0. The summed E-state index contributed by atoms with van der Waals surface area (Å²) in [5.41, 5.74) is 0.830. The molecule has 0 aliphatic carbocycles. The molecule has 0 aliphatic rings. The van der Waals surface area contributed by atoms with Gasteiger partial charge in [-0.1, -0.05) is 13.0 Å². The van der Waals surface area contributed by atoms with Crippen molar-refractivity contribution in [3.05, 3.63) is 30.1 Å². The number of nitrogens with zero attached hydrogens (tertiary/aromatic N) is 1. The molecule has 1 atom stereocenters. The average Bonchev–Trinajstić information content (AvgIpc) is 2.14. The molecule has 0 spiro atoms. The zero-order chi connectivity index (χ0) is 10.6. The second-order valence-electron chi connectivity index (χ2n) is 3.14. The molecule has 1 heterocycles. The summed E-state index contributed by atoms with van der Waals surface area (Å²) in [5.74, 6) is -0.0223. The van der Waals surface area contributed by atoms with Gasteiger partial charge in [-0.05, 0) is 12.1 Å². The molecule has 0 saturated heterocycles. The van der Waals surface area contributed by atoms with Crippen LogP contribution in [0.1, 0.15) is 18.5 Å². The number of pyridine rings is 1. The van der Waals surface area contributed by atoms with E-state index >= 15 is 0 Å². The SMILES string of the molecule is CC(COS(C)(=O)=O)c1ccccn1. The Kier molecular flexibility index (Phi) is 3.60. The molecule has 78 valence electrons. The van der Waals surface area contributed by atoms with E-state index in [1.807, 2.05) is 25.1 Å². The standard InChI is InChI=1S/C9H13NO3S/c1-8(7-13-14(2,11)12)9-5-3-4-6-10-9/h3-6,8H,7H2,1-2H3. The van der Waals surface area contributed by atoms with E-state index in [-0.39, 0.29) is 12.5 Å². The van der Waals surface area contributed by atoms with Crippen LogP contribution in [0.2, 0.25) is 0 Å². The Morgan fingerprint density at radius 1 is 1.50 bits per heavy atom. The van der Waals surface area contributed by atoms with Crippen molar-refractivity contribution < 1.29 is 12.6 Å². The Bertz CT molecular complexity index is 374. The molecule has 0 radical (unpaired) electrons. The van der Waals surface area contributed by atoms with Crippen LogP contribution in [0.3, 0.4) is 0 Å². The van der Waals surface area contributed by atoms with Gasteiger partial charge < -0.3 is 0 Å². The Morgan fingerprint density at radius 2 is 2.21 bits per heavy atom. The summed E-state index contributed by atoms with van der Waals surface area (Å²) in [7, 11) is -3.35. The van der Waals surface area contributed by atoms with Gasteiger partial charge in [-0.15, -0.1) is 0 Å². The second kappa shape index (κ2) is 4.52. The van der Waals surface area contributed by atoms with Crippen molar-refractivity contribution in [3.63, 3.8) is 0 Å². The highest BCUT2D eigenvalue weighted by Crippen LogP contribution is 2.12. The maximum Gasteiger partial charge on any atom is 0.264 e. The lowest BCUT2D eigenvalue weighted by atomic mass is 10.1. The van der Waals surface area contributed by atoms with Crippen molar-refractivity contribution in [2.45, 2.75) is 12.8 Å². The molecular weight excluding hydrogens is 202 g/mol. The smallest absolute Gasteiger partial charge is 0.264 e. The Hall–Kier alpha value is -0.940. The first-order valence-corrected chi connectivity index (χ1v) is 6.06. The molecule has 4 nitrogen and oxygen atoms in total. The van der Waals surface area contributed by atoms with E-state index in [4.69, 9.17) is 0 Å². The molecule has 5 heteroatoms. The van der Waals surface area contributed by atoms with Gasteiger partial charge >= 0.3 is 0 Å². The second-order valence-corrected chi connectivity index (χ2v) is 4.79. The summed E-state index contributed by atoms with van der Waals surface area (Å²) in [6.45, 7) is 2.00. The molecule has 1 unspecified atom stereocenters. The summed E-state index contributed by atoms with van der Waals surface area (Å²) in [4.78, 5) is 4.10. The van der Waals surface area contributed by atoms with E-state index in [0.717, 1.165) is 11.9 Å². The molecule has 0 aliphatic heterocycles. The van der Waals surface area contributed by atoms with Crippen molar-refractivity contribution >= 4 is 10.1 Å². The Balaban J connectivity index is 2.56. The highest BCUT2D eigenvalue weighted by molar-refractivity contribution is 7.85. The monoisotopic (exact) mass is 215 g/mol. The predicted molar refractivity (Wildman–Crippen MR) is 53.4 cm³/mol. The fourth-order valence-electron chi connectivity index (χ4n) is 0.979. The lowest BCUT2D eigenvalue weighted by Crippen LogP contribution is -2.10. The van der Waals surface area contributed by atoms with E-state index in [0.29, 0.717) is 0 Å². The highest BCUT2D eigenvalue weighted by atomic mass is 32.2. The topological polar surface area (TPSA) is 56.3 Å². The molecule has 1 rings (SSSR count). The van der Waals surface area contributed by atoms with E-state index in [2.05, 4.69) is 9.17 Å². The third kappa shape index (κ3) is 3.85. The molecule has 0 N–H and O–H groups in total. The van der Waals surface area contributed by atoms with Gasteiger partial charge in [0.2, 0.25) is 0 Å². The summed E-state index contributed by atoms with van der Waals surface area (Å²) in [6, 6.07) is 5.52. The van der Waals surface area contributed by atoms with E-state index < -0.39 is 10.1 Å². The first-order valence-electron chi connectivity index (χ1n) is 4.24. The quantitative estimate of drug-likeness (QED) is 0.707. The molecule has 0 fully saturated rings. The molecule has 0 aromatic carbocycles. The van der Waals surface area contributed by atoms with Crippen molar-refractivity contribution in [2.24, 2.45) is 0 Å². The summed E-state index contributed by atoms with van der Waals surface area (Å²) in [6.07, 6.45) is 2.71. The van der Waals surface area contributed by atoms with Gasteiger partial charge in [-0.2, -0.15) is 8.42 Å². The number of hydrogen-bond acceptors (Lipinski definition) is 4. The van der Waals surface area contributed by atoms with Gasteiger partial charge in [0.1, 0.15) is 0 Å². The van der Waals surface area contributed by atoms with Gasteiger partial charge in [-0.3, -0.25) is 9.17 Å².